The molecule has 1 heterocycles. The van der Waals surface area contributed by atoms with Crippen molar-refractivity contribution in [3.8, 4) is 5.75 Å². The molecule has 0 aliphatic rings. The summed E-state index contributed by atoms with van der Waals surface area (Å²) >= 11 is 0. The molecule has 0 aliphatic heterocycles. The lowest BCUT2D eigenvalue weighted by Gasteiger charge is -2.13. The molecule has 20 heavy (non-hydrogen) atoms. The molecule has 106 valence electrons. The Morgan fingerprint density at radius 1 is 1.15 bits per heavy atom. The normalized spacial score (nSPS) is 10.2. The third kappa shape index (κ3) is 3.17. The van der Waals surface area contributed by atoms with Gasteiger partial charge in [-0.25, -0.2) is 9.97 Å². The van der Waals surface area contributed by atoms with Crippen molar-refractivity contribution >= 4 is 17.3 Å². The van der Waals surface area contributed by atoms with Gasteiger partial charge in [-0.05, 0) is 24.6 Å². The Morgan fingerprint density at radius 2 is 1.90 bits per heavy atom. The van der Waals surface area contributed by atoms with Crippen molar-refractivity contribution in [1.29, 1.82) is 0 Å². The van der Waals surface area contributed by atoms with E-state index < -0.39 is 0 Å². The summed E-state index contributed by atoms with van der Waals surface area (Å²) in [5.41, 5.74) is 2.06. The van der Waals surface area contributed by atoms with E-state index in [9.17, 15) is 0 Å². The number of hydrogen-bond acceptors (Lipinski definition) is 5. The van der Waals surface area contributed by atoms with Crippen LogP contribution in [-0.4, -0.2) is 24.1 Å². The van der Waals surface area contributed by atoms with Crippen molar-refractivity contribution < 1.29 is 4.74 Å². The molecule has 1 aromatic carbocycles. The molecule has 1 aromatic heterocycles. The van der Waals surface area contributed by atoms with Crippen molar-refractivity contribution in [2.75, 3.05) is 24.8 Å². The first-order valence-corrected chi connectivity index (χ1v) is 6.63. The SMILES string of the molecule is CCc1nc(NC)cc(Nc2cc(C)ccc2OC)n1. The molecule has 0 fully saturated rings. The fourth-order valence-electron chi connectivity index (χ4n) is 1.90. The maximum Gasteiger partial charge on any atom is 0.142 e. The number of ether oxygens (including phenoxy) is 1. The van der Waals surface area contributed by atoms with Crippen molar-refractivity contribution in [2.24, 2.45) is 0 Å². The smallest absolute Gasteiger partial charge is 0.142 e. The summed E-state index contributed by atoms with van der Waals surface area (Å²) in [7, 11) is 3.51. The maximum absolute atomic E-state index is 5.36. The molecule has 5 heteroatoms. The van der Waals surface area contributed by atoms with Gasteiger partial charge in [0.1, 0.15) is 23.2 Å². The van der Waals surface area contributed by atoms with Crippen LogP contribution < -0.4 is 15.4 Å². The van der Waals surface area contributed by atoms with Gasteiger partial charge in [-0.1, -0.05) is 13.0 Å². The van der Waals surface area contributed by atoms with E-state index in [1.54, 1.807) is 7.11 Å². The Balaban J connectivity index is 2.36. The average Bonchev–Trinajstić information content (AvgIpc) is 2.47. The molecule has 2 N–H and O–H groups in total. The second-order valence-corrected chi connectivity index (χ2v) is 4.49. The van der Waals surface area contributed by atoms with E-state index in [0.29, 0.717) is 0 Å². The molecule has 0 spiro atoms. The number of aromatic nitrogens is 2. The number of nitrogens with zero attached hydrogens (tertiary/aromatic N) is 2. The van der Waals surface area contributed by atoms with Gasteiger partial charge in [-0.2, -0.15) is 0 Å². The number of nitrogens with one attached hydrogen (secondary N) is 2. The predicted octanol–water partition coefficient (Wildman–Crippen LogP) is 3.14. The average molecular weight is 272 g/mol. The zero-order valence-electron chi connectivity index (χ0n) is 12.3. The highest BCUT2D eigenvalue weighted by molar-refractivity contribution is 5.66. The monoisotopic (exact) mass is 272 g/mol. The highest BCUT2D eigenvalue weighted by Crippen LogP contribution is 2.28. The molecule has 0 amide bonds. The molecular formula is C15H20N4O. The molecule has 0 saturated carbocycles. The van der Waals surface area contributed by atoms with E-state index in [1.807, 2.05) is 45.2 Å². The quantitative estimate of drug-likeness (QED) is 0.875. The first-order valence-electron chi connectivity index (χ1n) is 6.63. The van der Waals surface area contributed by atoms with Crippen molar-refractivity contribution in [3.05, 3.63) is 35.7 Å². The van der Waals surface area contributed by atoms with Gasteiger partial charge >= 0.3 is 0 Å². The molecule has 0 atom stereocenters. The third-order valence-electron chi connectivity index (χ3n) is 2.96. The fraction of sp³-hybridized carbons (Fsp3) is 0.333. The van der Waals surface area contributed by atoms with Crippen LogP contribution >= 0.6 is 0 Å². The first-order chi connectivity index (χ1) is 9.66. The van der Waals surface area contributed by atoms with Gasteiger partial charge in [0.2, 0.25) is 0 Å². The van der Waals surface area contributed by atoms with Crippen LogP contribution in [0, 0.1) is 6.92 Å². The Kier molecular flexibility index (Phi) is 4.40. The summed E-state index contributed by atoms with van der Waals surface area (Å²) < 4.78 is 5.36. The van der Waals surface area contributed by atoms with E-state index >= 15 is 0 Å². The topological polar surface area (TPSA) is 59.1 Å². The summed E-state index contributed by atoms with van der Waals surface area (Å²) in [4.78, 5) is 8.86. The van der Waals surface area contributed by atoms with Gasteiger partial charge in [0.05, 0.1) is 12.8 Å². The van der Waals surface area contributed by atoms with Crippen LogP contribution in [0.3, 0.4) is 0 Å². The molecule has 0 saturated heterocycles. The lowest BCUT2D eigenvalue weighted by molar-refractivity contribution is 0.416. The number of rotatable bonds is 5. The van der Waals surface area contributed by atoms with Gasteiger partial charge in [-0.15, -0.1) is 0 Å². The fourth-order valence-corrected chi connectivity index (χ4v) is 1.90. The second-order valence-electron chi connectivity index (χ2n) is 4.49. The highest BCUT2D eigenvalue weighted by Gasteiger charge is 2.07. The molecule has 2 rings (SSSR count). The van der Waals surface area contributed by atoms with Crippen LogP contribution in [0.4, 0.5) is 17.3 Å². The lowest BCUT2D eigenvalue weighted by Crippen LogP contribution is -2.04. The van der Waals surface area contributed by atoms with Gasteiger partial charge < -0.3 is 15.4 Å². The molecule has 5 nitrogen and oxygen atoms in total. The van der Waals surface area contributed by atoms with Crippen LogP contribution in [0.2, 0.25) is 0 Å². The van der Waals surface area contributed by atoms with E-state index in [2.05, 4.69) is 20.6 Å². The Morgan fingerprint density at radius 3 is 2.55 bits per heavy atom. The largest absolute Gasteiger partial charge is 0.495 e. The van der Waals surface area contributed by atoms with Gasteiger partial charge in [0.15, 0.2) is 0 Å². The predicted molar refractivity (Wildman–Crippen MR) is 82.0 cm³/mol. The minimum absolute atomic E-state index is 0.755. The third-order valence-corrected chi connectivity index (χ3v) is 2.96. The highest BCUT2D eigenvalue weighted by atomic mass is 16.5. The van der Waals surface area contributed by atoms with E-state index in [1.165, 1.54) is 0 Å². The summed E-state index contributed by atoms with van der Waals surface area (Å²) in [5, 5.41) is 6.34. The van der Waals surface area contributed by atoms with E-state index in [0.717, 1.165) is 40.9 Å². The standard InChI is InChI=1S/C15H20N4O/c1-5-13-18-14(16-3)9-15(19-13)17-11-8-10(2)6-7-12(11)20-4/h6-9H,5H2,1-4H3,(H2,16,17,18,19). The number of methoxy groups -OCH3 is 1. The first kappa shape index (κ1) is 14.1. The van der Waals surface area contributed by atoms with Gasteiger partial charge in [0.25, 0.3) is 0 Å². The maximum atomic E-state index is 5.36. The lowest BCUT2D eigenvalue weighted by atomic mass is 10.2. The van der Waals surface area contributed by atoms with Crippen molar-refractivity contribution in [2.45, 2.75) is 20.3 Å². The second kappa shape index (κ2) is 6.23. The summed E-state index contributed by atoms with van der Waals surface area (Å²) in [5.74, 6) is 3.14. The number of aryl methyl sites for hydroxylation is 2. The Bertz CT molecular complexity index is 576. The summed E-state index contributed by atoms with van der Waals surface area (Å²) in [6, 6.07) is 7.87. The number of benzene rings is 1. The van der Waals surface area contributed by atoms with Gasteiger partial charge in [0, 0.05) is 19.5 Å². The number of anilines is 3. The van der Waals surface area contributed by atoms with Crippen LogP contribution in [0.1, 0.15) is 18.3 Å². The van der Waals surface area contributed by atoms with Crippen LogP contribution in [0.25, 0.3) is 0 Å². The zero-order valence-corrected chi connectivity index (χ0v) is 12.3. The van der Waals surface area contributed by atoms with Crippen molar-refractivity contribution in [3.63, 3.8) is 0 Å². The van der Waals surface area contributed by atoms with E-state index in [4.69, 9.17) is 4.74 Å². The van der Waals surface area contributed by atoms with Crippen LogP contribution in [0.5, 0.6) is 5.75 Å². The molecule has 0 radical (unpaired) electrons. The minimum Gasteiger partial charge on any atom is -0.495 e. The minimum atomic E-state index is 0.755. The number of hydrogen-bond donors (Lipinski definition) is 2. The van der Waals surface area contributed by atoms with Gasteiger partial charge in [-0.3, -0.25) is 0 Å². The van der Waals surface area contributed by atoms with Crippen LogP contribution in [0.15, 0.2) is 24.3 Å². The molecular weight excluding hydrogens is 252 g/mol. The summed E-state index contributed by atoms with van der Waals surface area (Å²) in [6.07, 6.45) is 0.787. The molecule has 0 bridgehead atoms. The zero-order chi connectivity index (χ0) is 14.5. The van der Waals surface area contributed by atoms with Crippen molar-refractivity contribution in [1.82, 2.24) is 9.97 Å². The molecule has 0 aliphatic carbocycles. The Hall–Kier alpha value is -2.30. The Labute approximate surface area is 119 Å². The molecule has 0 unspecified atom stereocenters. The van der Waals surface area contributed by atoms with E-state index in [-0.39, 0.29) is 0 Å². The molecule has 2 aromatic rings. The van der Waals surface area contributed by atoms with Crippen LogP contribution in [-0.2, 0) is 6.42 Å². The summed E-state index contributed by atoms with van der Waals surface area (Å²) in [6.45, 7) is 4.08.